The van der Waals surface area contributed by atoms with E-state index in [-0.39, 0.29) is 17.2 Å². The van der Waals surface area contributed by atoms with Gasteiger partial charge in [-0.2, -0.15) is 5.10 Å². The van der Waals surface area contributed by atoms with Gasteiger partial charge in [-0.25, -0.2) is 17.5 Å². The van der Waals surface area contributed by atoms with Crippen molar-refractivity contribution < 1.29 is 17.5 Å². The molecule has 6 nitrogen and oxygen atoms in total. The minimum absolute atomic E-state index is 0.101. The summed E-state index contributed by atoms with van der Waals surface area (Å²) in [6.45, 7) is 3.84. The summed E-state index contributed by atoms with van der Waals surface area (Å²) in [5, 5.41) is 4.04. The molecule has 0 saturated heterocycles. The molecule has 0 fully saturated rings. The molecule has 0 atom stereocenters. The molecule has 3 aromatic rings. The first-order chi connectivity index (χ1) is 13.2. The fraction of sp³-hybridized carbons (Fsp3) is 0.250. The van der Waals surface area contributed by atoms with E-state index in [1.165, 1.54) is 19.2 Å². The van der Waals surface area contributed by atoms with Crippen LogP contribution in [0.2, 0.25) is 0 Å². The van der Waals surface area contributed by atoms with Crippen LogP contribution in [-0.4, -0.2) is 25.3 Å². The first-order valence-electron chi connectivity index (χ1n) is 8.63. The van der Waals surface area contributed by atoms with Crippen molar-refractivity contribution in [2.45, 2.75) is 25.3 Å². The van der Waals surface area contributed by atoms with Crippen LogP contribution in [-0.2, 0) is 23.6 Å². The van der Waals surface area contributed by atoms with Crippen LogP contribution in [0.15, 0.2) is 47.6 Å². The van der Waals surface area contributed by atoms with E-state index in [4.69, 9.17) is 4.74 Å². The van der Waals surface area contributed by atoms with Gasteiger partial charge in [-0.1, -0.05) is 6.07 Å². The van der Waals surface area contributed by atoms with Crippen LogP contribution in [0.3, 0.4) is 0 Å². The lowest BCUT2D eigenvalue weighted by atomic mass is 10.00. The molecule has 1 heterocycles. The summed E-state index contributed by atoms with van der Waals surface area (Å²) in [6, 6.07) is 7.78. The smallest absolute Gasteiger partial charge is 0.241 e. The molecule has 0 aliphatic heterocycles. The highest BCUT2D eigenvalue weighted by molar-refractivity contribution is 7.89. The highest BCUT2D eigenvalue weighted by Crippen LogP contribution is 2.32. The lowest BCUT2D eigenvalue weighted by Gasteiger charge is -2.15. The van der Waals surface area contributed by atoms with Crippen LogP contribution in [0.4, 0.5) is 4.39 Å². The van der Waals surface area contributed by atoms with Gasteiger partial charge < -0.3 is 4.74 Å². The van der Waals surface area contributed by atoms with E-state index in [2.05, 4.69) is 9.82 Å². The predicted molar refractivity (Wildman–Crippen MR) is 105 cm³/mol. The number of nitrogens with zero attached hydrogens (tertiary/aromatic N) is 2. The molecule has 3 rings (SSSR count). The summed E-state index contributed by atoms with van der Waals surface area (Å²) >= 11 is 0. The molecule has 0 saturated carbocycles. The Labute approximate surface area is 164 Å². The SMILES string of the molecule is COc1ccc(-c2cc(C)c(C)cc2S(=O)(=O)NCc2cnn(C)c2)cc1F. The van der Waals surface area contributed by atoms with Crippen LogP contribution in [0.5, 0.6) is 5.75 Å². The predicted octanol–water partition coefficient (Wildman–Crippen LogP) is 3.33. The van der Waals surface area contributed by atoms with Gasteiger partial charge in [0, 0.05) is 30.9 Å². The van der Waals surface area contributed by atoms with Crippen LogP contribution >= 0.6 is 0 Å². The van der Waals surface area contributed by atoms with Crippen molar-refractivity contribution in [2.75, 3.05) is 7.11 Å². The Balaban J connectivity index is 2.04. The molecule has 2 aromatic carbocycles. The number of ether oxygens (including phenoxy) is 1. The van der Waals surface area contributed by atoms with Crippen molar-refractivity contribution in [3.05, 3.63) is 65.2 Å². The van der Waals surface area contributed by atoms with Crippen LogP contribution in [0, 0.1) is 19.7 Å². The number of methoxy groups -OCH3 is 1. The average Bonchev–Trinajstić information content (AvgIpc) is 3.07. The second kappa shape index (κ2) is 7.73. The molecule has 0 aliphatic carbocycles. The number of nitrogens with one attached hydrogen (secondary N) is 1. The number of sulfonamides is 1. The van der Waals surface area contributed by atoms with Gasteiger partial charge in [0.15, 0.2) is 11.6 Å². The third kappa shape index (κ3) is 4.07. The lowest BCUT2D eigenvalue weighted by Crippen LogP contribution is -2.24. The van der Waals surface area contributed by atoms with Gasteiger partial charge in [0.2, 0.25) is 10.0 Å². The van der Waals surface area contributed by atoms with Crippen LogP contribution in [0.25, 0.3) is 11.1 Å². The van der Waals surface area contributed by atoms with Gasteiger partial charge in [0.1, 0.15) is 0 Å². The Morgan fingerprint density at radius 3 is 2.50 bits per heavy atom. The second-order valence-electron chi connectivity index (χ2n) is 6.63. The summed E-state index contributed by atoms with van der Waals surface area (Å²) in [5.41, 5.74) is 3.38. The molecular weight excluding hydrogens is 381 g/mol. The highest BCUT2D eigenvalue weighted by atomic mass is 32.2. The molecule has 28 heavy (non-hydrogen) atoms. The number of aromatic nitrogens is 2. The van der Waals surface area contributed by atoms with Gasteiger partial charge in [-0.15, -0.1) is 0 Å². The van der Waals surface area contributed by atoms with E-state index >= 15 is 0 Å². The Kier molecular flexibility index (Phi) is 5.53. The van der Waals surface area contributed by atoms with Crippen molar-refractivity contribution in [2.24, 2.45) is 7.05 Å². The van der Waals surface area contributed by atoms with Gasteiger partial charge in [0.25, 0.3) is 0 Å². The van der Waals surface area contributed by atoms with Gasteiger partial charge in [-0.3, -0.25) is 4.68 Å². The standard InChI is InChI=1S/C20H22FN3O3S/c1-13-7-17(16-5-6-19(27-4)18(21)9-16)20(8-14(13)2)28(25,26)23-11-15-10-22-24(3)12-15/h5-10,12,23H,11H2,1-4H3. The fourth-order valence-corrected chi connectivity index (χ4v) is 4.20. The maximum Gasteiger partial charge on any atom is 0.241 e. The summed E-state index contributed by atoms with van der Waals surface area (Å²) in [6.07, 6.45) is 3.34. The Morgan fingerprint density at radius 1 is 1.18 bits per heavy atom. The van der Waals surface area contributed by atoms with Crippen molar-refractivity contribution in [3.63, 3.8) is 0 Å². The maximum absolute atomic E-state index is 14.2. The number of hydrogen-bond acceptors (Lipinski definition) is 4. The van der Waals surface area contributed by atoms with E-state index in [1.54, 1.807) is 42.3 Å². The molecule has 0 aliphatic rings. The zero-order valence-corrected chi connectivity index (χ0v) is 17.0. The first-order valence-corrected chi connectivity index (χ1v) is 10.1. The van der Waals surface area contributed by atoms with E-state index in [9.17, 15) is 12.8 Å². The number of hydrogen-bond donors (Lipinski definition) is 1. The minimum Gasteiger partial charge on any atom is -0.494 e. The van der Waals surface area contributed by atoms with Crippen LogP contribution in [0.1, 0.15) is 16.7 Å². The van der Waals surface area contributed by atoms with Crippen molar-refractivity contribution in [1.29, 1.82) is 0 Å². The molecule has 8 heteroatoms. The molecular formula is C20H22FN3O3S. The number of aryl methyl sites for hydroxylation is 3. The molecule has 0 amide bonds. The van der Waals surface area contributed by atoms with Crippen LogP contribution < -0.4 is 9.46 Å². The largest absolute Gasteiger partial charge is 0.494 e. The normalized spacial score (nSPS) is 11.6. The van der Waals surface area contributed by atoms with Crippen molar-refractivity contribution >= 4 is 10.0 Å². The monoisotopic (exact) mass is 403 g/mol. The van der Waals surface area contributed by atoms with Gasteiger partial charge in [0.05, 0.1) is 18.2 Å². The molecule has 1 N–H and O–H groups in total. The van der Waals surface area contributed by atoms with Crippen molar-refractivity contribution in [3.8, 4) is 16.9 Å². The molecule has 0 unspecified atom stereocenters. The van der Waals surface area contributed by atoms with E-state index in [1.807, 2.05) is 13.8 Å². The number of halogens is 1. The lowest BCUT2D eigenvalue weighted by molar-refractivity contribution is 0.386. The Hall–Kier alpha value is -2.71. The summed E-state index contributed by atoms with van der Waals surface area (Å²) in [7, 11) is -0.694. The highest BCUT2D eigenvalue weighted by Gasteiger charge is 2.21. The van der Waals surface area contributed by atoms with Crippen molar-refractivity contribution in [1.82, 2.24) is 14.5 Å². The second-order valence-corrected chi connectivity index (χ2v) is 8.36. The Bertz CT molecular complexity index is 1120. The molecule has 148 valence electrons. The summed E-state index contributed by atoms with van der Waals surface area (Å²) < 4.78 is 49.4. The van der Waals surface area contributed by atoms with E-state index in [0.717, 1.165) is 16.7 Å². The molecule has 0 spiro atoms. The summed E-state index contributed by atoms with van der Waals surface area (Å²) in [4.78, 5) is 0.101. The zero-order valence-electron chi connectivity index (χ0n) is 16.2. The zero-order chi connectivity index (χ0) is 20.5. The third-order valence-electron chi connectivity index (χ3n) is 4.57. The maximum atomic E-state index is 14.2. The molecule has 0 radical (unpaired) electrons. The first kappa shape index (κ1) is 20.0. The Morgan fingerprint density at radius 2 is 1.89 bits per heavy atom. The third-order valence-corrected chi connectivity index (χ3v) is 6.01. The topological polar surface area (TPSA) is 73.2 Å². The minimum atomic E-state index is -3.84. The van der Waals surface area contributed by atoms with Gasteiger partial charge in [-0.05, 0) is 54.8 Å². The molecule has 0 bridgehead atoms. The van der Waals surface area contributed by atoms with E-state index in [0.29, 0.717) is 11.1 Å². The quantitative estimate of drug-likeness (QED) is 0.685. The average molecular weight is 403 g/mol. The fourth-order valence-electron chi connectivity index (χ4n) is 2.89. The summed E-state index contributed by atoms with van der Waals surface area (Å²) in [5.74, 6) is -0.448. The number of benzene rings is 2. The van der Waals surface area contributed by atoms with Gasteiger partial charge >= 0.3 is 0 Å². The number of rotatable bonds is 6. The van der Waals surface area contributed by atoms with E-state index < -0.39 is 15.8 Å². The molecule has 1 aromatic heterocycles.